The van der Waals surface area contributed by atoms with E-state index < -0.39 is 0 Å². The van der Waals surface area contributed by atoms with E-state index in [0.29, 0.717) is 5.15 Å². The average Bonchev–Trinajstić information content (AvgIpc) is 2.45. The van der Waals surface area contributed by atoms with Crippen LogP contribution in [0.25, 0.3) is 10.1 Å². The Morgan fingerprint density at radius 3 is 3.27 bits per heavy atom. The summed E-state index contributed by atoms with van der Waals surface area (Å²) in [7, 11) is 0. The number of aryl methyl sites for hydroxylation is 1. The second-order valence-electron chi connectivity index (χ2n) is 3.44. The molecule has 0 radical (unpaired) electrons. The van der Waals surface area contributed by atoms with Crippen LogP contribution in [-0.2, 0) is 6.42 Å². The molecule has 0 saturated carbocycles. The van der Waals surface area contributed by atoms with Gasteiger partial charge in [-0.3, -0.25) is 0 Å². The van der Waals surface area contributed by atoms with E-state index in [1.807, 2.05) is 6.20 Å². The molecule has 0 spiro atoms. The minimum absolute atomic E-state index is 0.566. The standard InChI is InChI=1S/C10H7BrClNOS/c11-9-7-6-5(2-1-3-14-7)4-13-10(12)8(6)15-9/h4H,1-3H2. The molecule has 5 heteroatoms. The van der Waals surface area contributed by atoms with Crippen molar-refractivity contribution in [2.24, 2.45) is 0 Å². The first-order valence-electron chi connectivity index (χ1n) is 4.65. The van der Waals surface area contributed by atoms with Gasteiger partial charge < -0.3 is 4.74 Å². The molecule has 0 saturated heterocycles. The molecule has 15 heavy (non-hydrogen) atoms. The third-order valence-corrected chi connectivity index (χ3v) is 4.71. The smallest absolute Gasteiger partial charge is 0.152 e. The van der Waals surface area contributed by atoms with Gasteiger partial charge in [0.2, 0.25) is 0 Å². The highest BCUT2D eigenvalue weighted by Crippen LogP contribution is 2.46. The van der Waals surface area contributed by atoms with E-state index in [1.54, 1.807) is 11.3 Å². The molecule has 0 unspecified atom stereocenters. The van der Waals surface area contributed by atoms with Crippen LogP contribution in [0.5, 0.6) is 5.75 Å². The number of rotatable bonds is 0. The van der Waals surface area contributed by atoms with Gasteiger partial charge in [0.1, 0.15) is 8.94 Å². The third kappa shape index (κ3) is 1.47. The van der Waals surface area contributed by atoms with Crippen molar-refractivity contribution in [3.05, 3.63) is 20.7 Å². The van der Waals surface area contributed by atoms with E-state index >= 15 is 0 Å². The molecule has 0 aromatic carbocycles. The Kier molecular flexibility index (Phi) is 2.38. The molecular weight excluding hydrogens is 298 g/mol. The zero-order chi connectivity index (χ0) is 10.4. The number of nitrogens with zero attached hydrogens (tertiary/aromatic N) is 1. The van der Waals surface area contributed by atoms with E-state index in [0.717, 1.165) is 39.1 Å². The molecule has 2 nitrogen and oxygen atoms in total. The third-order valence-electron chi connectivity index (χ3n) is 2.50. The normalized spacial score (nSPS) is 15.1. The quantitative estimate of drug-likeness (QED) is 0.685. The van der Waals surface area contributed by atoms with Gasteiger partial charge in [-0.1, -0.05) is 11.6 Å². The summed E-state index contributed by atoms with van der Waals surface area (Å²) >= 11 is 11.2. The first-order valence-corrected chi connectivity index (χ1v) is 6.64. The van der Waals surface area contributed by atoms with Gasteiger partial charge in [-0.25, -0.2) is 4.98 Å². The Morgan fingerprint density at radius 2 is 2.40 bits per heavy atom. The maximum Gasteiger partial charge on any atom is 0.152 e. The van der Waals surface area contributed by atoms with Crippen molar-refractivity contribution < 1.29 is 4.74 Å². The first-order chi connectivity index (χ1) is 7.27. The SMILES string of the molecule is Clc1ncc2c3c(c(Br)sc13)OCCC2. The maximum absolute atomic E-state index is 6.07. The van der Waals surface area contributed by atoms with Crippen molar-refractivity contribution in [2.75, 3.05) is 6.61 Å². The zero-order valence-corrected chi connectivity index (χ0v) is 10.9. The summed E-state index contributed by atoms with van der Waals surface area (Å²) in [4.78, 5) is 4.21. The van der Waals surface area contributed by atoms with Crippen LogP contribution in [0, 0.1) is 0 Å². The Balaban J connectivity index is 2.45. The number of ether oxygens (including phenoxy) is 1. The van der Waals surface area contributed by atoms with Crippen LogP contribution >= 0.6 is 38.9 Å². The molecule has 0 atom stereocenters. The summed E-state index contributed by atoms with van der Waals surface area (Å²) in [5.41, 5.74) is 1.24. The summed E-state index contributed by atoms with van der Waals surface area (Å²) in [5.74, 6) is 0.937. The van der Waals surface area contributed by atoms with E-state index in [2.05, 4.69) is 20.9 Å². The zero-order valence-electron chi connectivity index (χ0n) is 7.72. The molecule has 2 aromatic heterocycles. The lowest BCUT2D eigenvalue weighted by atomic mass is 10.1. The molecule has 3 rings (SSSR count). The number of thiophene rings is 1. The van der Waals surface area contributed by atoms with Crippen molar-refractivity contribution in [1.82, 2.24) is 4.98 Å². The van der Waals surface area contributed by atoms with Gasteiger partial charge in [-0.15, -0.1) is 11.3 Å². The van der Waals surface area contributed by atoms with Gasteiger partial charge in [0.05, 0.1) is 11.3 Å². The predicted octanol–water partition coefficient (Wildman–Crippen LogP) is 4.04. The van der Waals surface area contributed by atoms with Crippen molar-refractivity contribution in [3.8, 4) is 5.75 Å². The molecule has 0 amide bonds. The van der Waals surface area contributed by atoms with Crippen molar-refractivity contribution in [3.63, 3.8) is 0 Å². The molecule has 78 valence electrons. The highest BCUT2D eigenvalue weighted by atomic mass is 79.9. The molecule has 3 heterocycles. The summed E-state index contributed by atoms with van der Waals surface area (Å²) in [6.07, 6.45) is 3.91. The Morgan fingerprint density at radius 1 is 1.53 bits per heavy atom. The number of hydrogen-bond donors (Lipinski definition) is 0. The highest BCUT2D eigenvalue weighted by molar-refractivity contribution is 9.11. The lowest BCUT2D eigenvalue weighted by molar-refractivity contribution is 0.319. The van der Waals surface area contributed by atoms with Crippen molar-refractivity contribution >= 4 is 49.0 Å². The lowest BCUT2D eigenvalue weighted by Gasteiger charge is -2.01. The van der Waals surface area contributed by atoms with Gasteiger partial charge in [0.25, 0.3) is 0 Å². The van der Waals surface area contributed by atoms with E-state index in [1.165, 1.54) is 5.56 Å². The largest absolute Gasteiger partial charge is 0.491 e. The minimum Gasteiger partial charge on any atom is -0.491 e. The Labute approximate surface area is 104 Å². The molecule has 0 N–H and O–H groups in total. The molecule has 1 aliphatic heterocycles. The van der Waals surface area contributed by atoms with Crippen molar-refractivity contribution in [1.29, 1.82) is 0 Å². The van der Waals surface area contributed by atoms with E-state index in [4.69, 9.17) is 16.3 Å². The topological polar surface area (TPSA) is 22.1 Å². The van der Waals surface area contributed by atoms with Crippen LogP contribution in [-0.4, -0.2) is 11.6 Å². The van der Waals surface area contributed by atoms with Crippen LogP contribution in [0.1, 0.15) is 12.0 Å². The lowest BCUT2D eigenvalue weighted by Crippen LogP contribution is -1.94. The molecule has 0 aliphatic carbocycles. The van der Waals surface area contributed by atoms with Crippen LogP contribution in [0.15, 0.2) is 9.98 Å². The van der Waals surface area contributed by atoms with Crippen LogP contribution < -0.4 is 4.74 Å². The van der Waals surface area contributed by atoms with E-state index in [9.17, 15) is 0 Å². The average molecular weight is 305 g/mol. The van der Waals surface area contributed by atoms with Gasteiger partial charge in [-0.2, -0.15) is 0 Å². The number of hydrogen-bond acceptors (Lipinski definition) is 3. The molecule has 2 aromatic rings. The monoisotopic (exact) mass is 303 g/mol. The summed E-state index contributed by atoms with van der Waals surface area (Å²) < 4.78 is 7.76. The Hall–Kier alpha value is -0.320. The van der Waals surface area contributed by atoms with Gasteiger partial charge >= 0.3 is 0 Å². The van der Waals surface area contributed by atoms with Crippen LogP contribution in [0.2, 0.25) is 5.15 Å². The van der Waals surface area contributed by atoms with Gasteiger partial charge in [0, 0.05) is 11.6 Å². The fraction of sp³-hybridized carbons (Fsp3) is 0.300. The second-order valence-corrected chi connectivity index (χ2v) is 6.13. The van der Waals surface area contributed by atoms with Gasteiger partial charge in [-0.05, 0) is 34.3 Å². The Bertz CT molecular complexity index is 540. The first kappa shape index (κ1) is 9.87. The maximum atomic E-state index is 6.07. The molecule has 0 fully saturated rings. The minimum atomic E-state index is 0.566. The van der Waals surface area contributed by atoms with Crippen LogP contribution in [0.3, 0.4) is 0 Å². The van der Waals surface area contributed by atoms with E-state index in [-0.39, 0.29) is 0 Å². The second kappa shape index (κ2) is 3.61. The predicted molar refractivity (Wildman–Crippen MR) is 66.1 cm³/mol. The molecular formula is C10H7BrClNOS. The fourth-order valence-corrected chi connectivity index (χ4v) is 3.79. The molecule has 0 bridgehead atoms. The summed E-state index contributed by atoms with van der Waals surface area (Å²) in [6, 6.07) is 0. The number of halogens is 2. The molecule has 1 aliphatic rings. The highest BCUT2D eigenvalue weighted by Gasteiger charge is 2.20. The summed E-state index contributed by atoms with van der Waals surface area (Å²) in [5, 5.41) is 1.71. The van der Waals surface area contributed by atoms with Gasteiger partial charge in [0.15, 0.2) is 5.75 Å². The summed E-state index contributed by atoms with van der Waals surface area (Å²) in [6.45, 7) is 0.761. The fourth-order valence-electron chi connectivity index (χ4n) is 1.84. The number of aromatic nitrogens is 1. The number of pyridine rings is 1. The van der Waals surface area contributed by atoms with Crippen molar-refractivity contribution in [2.45, 2.75) is 12.8 Å². The van der Waals surface area contributed by atoms with Crippen LogP contribution in [0.4, 0.5) is 0 Å².